The lowest BCUT2D eigenvalue weighted by atomic mass is 9.79. The van der Waals surface area contributed by atoms with Crippen molar-refractivity contribution >= 4 is 10.9 Å². The topological polar surface area (TPSA) is 12.9 Å². The van der Waals surface area contributed by atoms with Gasteiger partial charge < -0.3 is 0 Å². The van der Waals surface area contributed by atoms with E-state index >= 15 is 0 Å². The molecule has 0 saturated carbocycles. The quantitative estimate of drug-likeness (QED) is 0.323. The first kappa shape index (κ1) is 19.1. The summed E-state index contributed by atoms with van der Waals surface area (Å²) in [6.07, 6.45) is 0. The molecule has 1 aromatic heterocycles. The van der Waals surface area contributed by atoms with Crippen LogP contribution in [0.4, 0.5) is 0 Å². The highest BCUT2D eigenvalue weighted by atomic mass is 14.7. The van der Waals surface area contributed by atoms with Gasteiger partial charge in [0.05, 0.1) is 11.2 Å². The SMILES string of the molecule is Cc1cc(C)cc(-c2nc3c(C)cc(C)c(C)c3c3c2C(C)(C)c2ccccc2-3)c1. The van der Waals surface area contributed by atoms with E-state index in [1.54, 1.807) is 0 Å². The first-order valence-corrected chi connectivity index (χ1v) is 10.8. The van der Waals surface area contributed by atoms with Gasteiger partial charge in [-0.3, -0.25) is 0 Å². The van der Waals surface area contributed by atoms with Crippen LogP contribution in [-0.2, 0) is 5.41 Å². The van der Waals surface area contributed by atoms with Crippen molar-refractivity contribution in [2.75, 3.05) is 0 Å². The smallest absolute Gasteiger partial charge is 0.0757 e. The highest BCUT2D eigenvalue weighted by Crippen LogP contribution is 2.54. The molecule has 1 nitrogen and oxygen atoms in total. The Morgan fingerprint density at radius 2 is 1.43 bits per heavy atom. The maximum Gasteiger partial charge on any atom is 0.0757 e. The Bertz CT molecular complexity index is 1330. The van der Waals surface area contributed by atoms with Crippen molar-refractivity contribution in [3.63, 3.8) is 0 Å². The summed E-state index contributed by atoms with van der Waals surface area (Å²) in [5.41, 5.74) is 15.4. The van der Waals surface area contributed by atoms with Gasteiger partial charge in [-0.2, -0.15) is 0 Å². The highest BCUT2D eigenvalue weighted by molar-refractivity contribution is 6.06. The molecular formula is C29H29N. The molecule has 3 aromatic carbocycles. The molecule has 4 aromatic rings. The molecular weight excluding hydrogens is 362 g/mol. The van der Waals surface area contributed by atoms with Crippen molar-refractivity contribution < 1.29 is 0 Å². The van der Waals surface area contributed by atoms with Crippen molar-refractivity contribution in [2.45, 2.75) is 53.9 Å². The average molecular weight is 392 g/mol. The van der Waals surface area contributed by atoms with Gasteiger partial charge in [-0.1, -0.05) is 61.4 Å². The molecule has 0 bridgehead atoms. The van der Waals surface area contributed by atoms with E-state index in [-0.39, 0.29) is 5.41 Å². The van der Waals surface area contributed by atoms with Gasteiger partial charge in [-0.05, 0) is 85.7 Å². The monoisotopic (exact) mass is 391 g/mol. The fourth-order valence-electron chi connectivity index (χ4n) is 5.51. The Balaban J connectivity index is 2.05. The summed E-state index contributed by atoms with van der Waals surface area (Å²) < 4.78 is 0. The van der Waals surface area contributed by atoms with Gasteiger partial charge in [0.2, 0.25) is 0 Å². The minimum absolute atomic E-state index is 0.0931. The summed E-state index contributed by atoms with van der Waals surface area (Å²) in [5.74, 6) is 0. The second-order valence-electron chi connectivity index (χ2n) is 9.62. The molecule has 0 atom stereocenters. The number of benzene rings is 3. The molecule has 0 fully saturated rings. The lowest BCUT2D eigenvalue weighted by molar-refractivity contribution is 0.660. The number of hydrogen-bond donors (Lipinski definition) is 0. The second-order valence-corrected chi connectivity index (χ2v) is 9.62. The normalized spacial score (nSPS) is 14.1. The third-order valence-corrected chi connectivity index (χ3v) is 6.96. The van der Waals surface area contributed by atoms with Crippen LogP contribution in [0, 0.1) is 34.6 Å². The molecule has 30 heavy (non-hydrogen) atoms. The second kappa shape index (κ2) is 6.28. The van der Waals surface area contributed by atoms with Crippen LogP contribution in [0.2, 0.25) is 0 Å². The Morgan fingerprint density at radius 3 is 2.13 bits per heavy atom. The number of nitrogens with zero attached hydrogens (tertiary/aromatic N) is 1. The van der Waals surface area contributed by atoms with E-state index in [2.05, 4.69) is 97.0 Å². The molecule has 0 unspecified atom stereocenters. The summed E-state index contributed by atoms with van der Waals surface area (Å²) in [4.78, 5) is 5.38. The zero-order chi connectivity index (χ0) is 21.4. The summed E-state index contributed by atoms with van der Waals surface area (Å²) >= 11 is 0. The summed E-state index contributed by atoms with van der Waals surface area (Å²) in [7, 11) is 0. The van der Waals surface area contributed by atoms with E-state index in [0.29, 0.717) is 0 Å². The van der Waals surface area contributed by atoms with Gasteiger partial charge in [-0.25, -0.2) is 4.98 Å². The molecule has 0 saturated heterocycles. The Labute approximate surface area is 179 Å². The lowest BCUT2D eigenvalue weighted by Crippen LogP contribution is -2.17. The summed E-state index contributed by atoms with van der Waals surface area (Å²) in [6, 6.07) is 18.0. The standard InChI is InChI=1S/C29H29N/c1-16-12-17(2)14-21(13-16)28-26-25(22-10-8-9-11-23(22)29(26,6)7)24-20(5)18(3)15-19(4)27(24)30-28/h8-15H,1-7H3. The van der Waals surface area contributed by atoms with E-state index in [1.807, 2.05) is 0 Å². The largest absolute Gasteiger partial charge is 0.247 e. The minimum Gasteiger partial charge on any atom is -0.247 e. The van der Waals surface area contributed by atoms with Crippen LogP contribution in [0.25, 0.3) is 33.3 Å². The molecule has 1 heterocycles. The van der Waals surface area contributed by atoms with Crippen LogP contribution in [0.3, 0.4) is 0 Å². The van der Waals surface area contributed by atoms with Gasteiger partial charge >= 0.3 is 0 Å². The van der Waals surface area contributed by atoms with Crippen molar-refractivity contribution in [3.05, 3.63) is 87.5 Å². The first-order chi connectivity index (χ1) is 14.2. The number of aromatic nitrogens is 1. The fraction of sp³-hybridized carbons (Fsp3) is 0.276. The van der Waals surface area contributed by atoms with Gasteiger partial charge in [-0.15, -0.1) is 0 Å². The van der Waals surface area contributed by atoms with Crippen LogP contribution in [0.15, 0.2) is 48.5 Å². The van der Waals surface area contributed by atoms with Gasteiger partial charge in [0.25, 0.3) is 0 Å². The van der Waals surface area contributed by atoms with E-state index in [4.69, 9.17) is 4.98 Å². The zero-order valence-corrected chi connectivity index (χ0v) is 19.1. The van der Waals surface area contributed by atoms with Gasteiger partial charge in [0.15, 0.2) is 0 Å². The van der Waals surface area contributed by atoms with Crippen molar-refractivity contribution in [3.8, 4) is 22.4 Å². The number of hydrogen-bond acceptors (Lipinski definition) is 1. The molecule has 0 amide bonds. The first-order valence-electron chi connectivity index (χ1n) is 10.8. The average Bonchev–Trinajstić information content (AvgIpc) is 2.93. The molecule has 1 aliphatic carbocycles. The van der Waals surface area contributed by atoms with Crippen LogP contribution < -0.4 is 0 Å². The Hall–Kier alpha value is -2.93. The number of aryl methyl sites for hydroxylation is 5. The molecule has 5 rings (SSSR count). The fourth-order valence-corrected chi connectivity index (χ4v) is 5.51. The lowest BCUT2D eigenvalue weighted by Gasteiger charge is -2.25. The molecule has 0 N–H and O–H groups in total. The molecule has 1 heteroatoms. The predicted octanol–water partition coefficient (Wildman–Crippen LogP) is 7.75. The maximum atomic E-state index is 5.38. The van der Waals surface area contributed by atoms with Gasteiger partial charge in [0, 0.05) is 16.4 Å². The van der Waals surface area contributed by atoms with Crippen molar-refractivity contribution in [2.24, 2.45) is 0 Å². The highest BCUT2D eigenvalue weighted by Gasteiger charge is 2.40. The minimum atomic E-state index is -0.0931. The van der Waals surface area contributed by atoms with Crippen LogP contribution >= 0.6 is 0 Å². The van der Waals surface area contributed by atoms with Crippen LogP contribution in [-0.4, -0.2) is 4.98 Å². The van der Waals surface area contributed by atoms with E-state index in [0.717, 1.165) is 11.2 Å². The molecule has 0 aliphatic heterocycles. The Morgan fingerprint density at radius 1 is 0.767 bits per heavy atom. The number of pyridine rings is 1. The molecule has 1 aliphatic rings. The third-order valence-electron chi connectivity index (χ3n) is 6.96. The van der Waals surface area contributed by atoms with E-state index in [1.165, 1.54) is 61.0 Å². The number of fused-ring (bicyclic) bond motifs is 5. The van der Waals surface area contributed by atoms with Crippen molar-refractivity contribution in [1.29, 1.82) is 0 Å². The Kier molecular flexibility index (Phi) is 3.99. The van der Waals surface area contributed by atoms with Crippen LogP contribution in [0.5, 0.6) is 0 Å². The third kappa shape index (κ3) is 2.51. The molecule has 0 spiro atoms. The summed E-state index contributed by atoms with van der Waals surface area (Å²) in [5, 5.41) is 1.33. The van der Waals surface area contributed by atoms with Crippen molar-refractivity contribution in [1.82, 2.24) is 4.98 Å². The van der Waals surface area contributed by atoms with E-state index < -0.39 is 0 Å². The zero-order valence-electron chi connectivity index (χ0n) is 19.1. The predicted molar refractivity (Wildman–Crippen MR) is 128 cm³/mol. The molecule has 150 valence electrons. The van der Waals surface area contributed by atoms with Gasteiger partial charge in [0.1, 0.15) is 0 Å². The maximum absolute atomic E-state index is 5.38. The van der Waals surface area contributed by atoms with E-state index in [9.17, 15) is 0 Å². The summed E-state index contributed by atoms with van der Waals surface area (Å²) in [6.45, 7) is 15.7. The molecule has 0 radical (unpaired) electrons. The van der Waals surface area contributed by atoms with Crippen LogP contribution in [0.1, 0.15) is 52.8 Å². The number of rotatable bonds is 1.